The number of amides is 2. The van der Waals surface area contributed by atoms with Gasteiger partial charge in [0, 0.05) is 19.5 Å². The molecule has 0 aliphatic heterocycles. The summed E-state index contributed by atoms with van der Waals surface area (Å²) in [7, 11) is 0. The van der Waals surface area contributed by atoms with Crippen LogP contribution in [0.3, 0.4) is 0 Å². The van der Waals surface area contributed by atoms with E-state index in [1.165, 1.54) is 38.5 Å². The second kappa shape index (κ2) is 17.1. The topological polar surface area (TPSA) is 86.7 Å². The van der Waals surface area contributed by atoms with Crippen molar-refractivity contribution >= 4 is 17.8 Å². The van der Waals surface area contributed by atoms with E-state index >= 15 is 0 Å². The average Bonchev–Trinajstić information content (AvgIpc) is 2.64. The number of hydrogen-bond acceptors (Lipinski definition) is 3. The molecule has 0 saturated carbocycles. The summed E-state index contributed by atoms with van der Waals surface area (Å²) in [6.45, 7) is 11.4. The number of aliphatic carboxylic acids is 1. The summed E-state index contributed by atoms with van der Waals surface area (Å²) >= 11 is 0. The van der Waals surface area contributed by atoms with Crippen molar-refractivity contribution in [2.45, 2.75) is 111 Å². The zero-order valence-corrected chi connectivity index (χ0v) is 20.0. The molecular weight excluding hydrogens is 380 g/mol. The molecule has 0 spiro atoms. The summed E-state index contributed by atoms with van der Waals surface area (Å²) in [5, 5.41) is 11.9. The van der Waals surface area contributed by atoms with Gasteiger partial charge in [0.05, 0.1) is 6.42 Å². The van der Waals surface area contributed by atoms with Crippen molar-refractivity contribution in [3.05, 3.63) is 0 Å². The normalized spacial score (nSPS) is 12.2. The Morgan fingerprint density at radius 2 is 1.27 bits per heavy atom. The number of nitrogens with zero attached hydrogens (tertiary/aromatic N) is 1. The Kier molecular flexibility index (Phi) is 16.2. The van der Waals surface area contributed by atoms with Gasteiger partial charge in [0.15, 0.2) is 0 Å². The van der Waals surface area contributed by atoms with Crippen LogP contribution >= 0.6 is 0 Å². The Balaban J connectivity index is 4.50. The molecule has 0 aliphatic carbocycles. The molecule has 0 saturated heterocycles. The summed E-state index contributed by atoms with van der Waals surface area (Å²) in [4.78, 5) is 38.3. The van der Waals surface area contributed by atoms with Gasteiger partial charge in [-0.25, -0.2) is 0 Å². The minimum Gasteiger partial charge on any atom is -0.481 e. The molecule has 0 aromatic rings. The molecule has 0 bridgehead atoms. The maximum absolute atomic E-state index is 13.0. The first-order valence-corrected chi connectivity index (χ1v) is 12.0. The molecule has 176 valence electrons. The molecule has 0 rings (SSSR count). The monoisotopic (exact) mass is 426 g/mol. The van der Waals surface area contributed by atoms with Crippen LogP contribution in [0.4, 0.5) is 0 Å². The number of carbonyl (C=O) groups excluding carboxylic acids is 2. The van der Waals surface area contributed by atoms with Crippen molar-refractivity contribution in [1.82, 2.24) is 10.2 Å². The van der Waals surface area contributed by atoms with Crippen LogP contribution in [0, 0.1) is 11.8 Å². The first-order valence-electron chi connectivity index (χ1n) is 12.0. The Bertz CT molecular complexity index is 482. The largest absolute Gasteiger partial charge is 0.481 e. The van der Waals surface area contributed by atoms with Crippen LogP contribution in [-0.4, -0.2) is 46.9 Å². The molecule has 0 aromatic heterocycles. The fraction of sp³-hybridized carbons (Fsp3) is 0.875. The van der Waals surface area contributed by atoms with Crippen molar-refractivity contribution in [3.8, 4) is 0 Å². The number of carbonyl (C=O) groups is 3. The smallest absolute Gasteiger partial charge is 0.305 e. The molecule has 0 heterocycles. The van der Waals surface area contributed by atoms with Gasteiger partial charge in [0.25, 0.3) is 0 Å². The summed E-state index contributed by atoms with van der Waals surface area (Å²) < 4.78 is 0. The highest BCUT2D eigenvalue weighted by molar-refractivity contribution is 5.90. The lowest BCUT2D eigenvalue weighted by atomic mass is 10.1. The standard InChI is InChI=1S/C24H46N2O4/c1-6-7-8-9-10-11-12-13-14-15-22(27)25-21(16-23(28)29)24(30)26(17-19(2)3)18-20(4)5/h19-21H,6-18H2,1-5H3,(H,25,27)(H,28,29)/t21-/m0/s1. The van der Waals surface area contributed by atoms with Crippen LogP contribution in [0.5, 0.6) is 0 Å². The lowest BCUT2D eigenvalue weighted by Gasteiger charge is -2.30. The zero-order chi connectivity index (χ0) is 22.9. The number of carboxylic acid groups (broad SMARTS) is 1. The van der Waals surface area contributed by atoms with E-state index in [0.29, 0.717) is 19.5 Å². The number of rotatable bonds is 18. The molecule has 2 amide bonds. The van der Waals surface area contributed by atoms with Gasteiger partial charge < -0.3 is 15.3 Å². The van der Waals surface area contributed by atoms with Crippen LogP contribution in [0.2, 0.25) is 0 Å². The van der Waals surface area contributed by atoms with Gasteiger partial charge in [-0.15, -0.1) is 0 Å². The first-order chi connectivity index (χ1) is 14.2. The Morgan fingerprint density at radius 1 is 0.800 bits per heavy atom. The van der Waals surface area contributed by atoms with Crippen molar-refractivity contribution in [2.24, 2.45) is 11.8 Å². The van der Waals surface area contributed by atoms with Crippen molar-refractivity contribution in [3.63, 3.8) is 0 Å². The maximum Gasteiger partial charge on any atom is 0.305 e. The Labute approximate surface area is 184 Å². The zero-order valence-electron chi connectivity index (χ0n) is 20.0. The fourth-order valence-corrected chi connectivity index (χ4v) is 3.59. The Morgan fingerprint density at radius 3 is 1.70 bits per heavy atom. The summed E-state index contributed by atoms with van der Waals surface area (Å²) in [5.41, 5.74) is 0. The minimum absolute atomic E-state index is 0.230. The highest BCUT2D eigenvalue weighted by Crippen LogP contribution is 2.12. The average molecular weight is 427 g/mol. The second-order valence-corrected chi connectivity index (χ2v) is 9.33. The molecular formula is C24H46N2O4. The van der Waals surface area contributed by atoms with E-state index in [0.717, 1.165) is 19.3 Å². The van der Waals surface area contributed by atoms with Crippen LogP contribution in [0.15, 0.2) is 0 Å². The van der Waals surface area contributed by atoms with E-state index in [4.69, 9.17) is 0 Å². The third-order valence-corrected chi connectivity index (χ3v) is 5.00. The minimum atomic E-state index is -1.08. The van der Waals surface area contributed by atoms with E-state index in [1.807, 2.05) is 27.7 Å². The van der Waals surface area contributed by atoms with Gasteiger partial charge in [-0.1, -0.05) is 86.0 Å². The summed E-state index contributed by atoms with van der Waals surface area (Å²) in [6.07, 6.45) is 10.5. The second-order valence-electron chi connectivity index (χ2n) is 9.33. The summed E-state index contributed by atoms with van der Waals surface area (Å²) in [6, 6.07) is -0.994. The van der Waals surface area contributed by atoms with E-state index in [-0.39, 0.29) is 30.1 Å². The third-order valence-electron chi connectivity index (χ3n) is 5.00. The van der Waals surface area contributed by atoms with Gasteiger partial charge >= 0.3 is 5.97 Å². The van der Waals surface area contributed by atoms with E-state index in [1.54, 1.807) is 4.90 Å². The van der Waals surface area contributed by atoms with E-state index < -0.39 is 12.0 Å². The highest BCUT2D eigenvalue weighted by Gasteiger charge is 2.28. The lowest BCUT2D eigenvalue weighted by molar-refractivity contribution is -0.144. The van der Waals surface area contributed by atoms with Gasteiger partial charge in [-0.2, -0.15) is 0 Å². The predicted octanol–water partition coefficient (Wildman–Crippen LogP) is 5.01. The molecule has 0 fully saturated rings. The van der Waals surface area contributed by atoms with E-state index in [9.17, 15) is 19.5 Å². The molecule has 6 nitrogen and oxygen atoms in total. The van der Waals surface area contributed by atoms with Gasteiger partial charge in [0.1, 0.15) is 6.04 Å². The fourth-order valence-electron chi connectivity index (χ4n) is 3.59. The van der Waals surface area contributed by atoms with Crippen LogP contribution < -0.4 is 5.32 Å². The molecule has 0 radical (unpaired) electrons. The highest BCUT2D eigenvalue weighted by atomic mass is 16.4. The van der Waals surface area contributed by atoms with Crippen molar-refractivity contribution < 1.29 is 19.5 Å². The van der Waals surface area contributed by atoms with Gasteiger partial charge in [0.2, 0.25) is 11.8 Å². The first kappa shape index (κ1) is 28.4. The molecule has 6 heteroatoms. The lowest BCUT2D eigenvalue weighted by Crippen LogP contribution is -2.51. The molecule has 1 atom stereocenters. The van der Waals surface area contributed by atoms with Crippen molar-refractivity contribution in [1.29, 1.82) is 0 Å². The number of nitrogens with one attached hydrogen (secondary N) is 1. The summed E-state index contributed by atoms with van der Waals surface area (Å²) in [5.74, 6) is -1.05. The SMILES string of the molecule is CCCCCCCCCCCC(=O)N[C@@H](CC(=O)O)C(=O)N(CC(C)C)CC(C)C. The molecule has 0 aromatic carbocycles. The number of carboxylic acids is 1. The van der Waals surface area contributed by atoms with E-state index in [2.05, 4.69) is 12.2 Å². The van der Waals surface area contributed by atoms with Gasteiger partial charge in [-0.05, 0) is 18.3 Å². The quantitative estimate of drug-likeness (QED) is 0.302. The van der Waals surface area contributed by atoms with Gasteiger partial charge in [-0.3, -0.25) is 14.4 Å². The van der Waals surface area contributed by atoms with Crippen LogP contribution in [0.1, 0.15) is 105 Å². The van der Waals surface area contributed by atoms with Crippen molar-refractivity contribution in [2.75, 3.05) is 13.1 Å². The Hall–Kier alpha value is -1.59. The molecule has 0 unspecified atom stereocenters. The van der Waals surface area contributed by atoms with Crippen LogP contribution in [-0.2, 0) is 14.4 Å². The number of unbranched alkanes of at least 4 members (excludes halogenated alkanes) is 8. The molecule has 2 N–H and O–H groups in total. The van der Waals surface area contributed by atoms with Crippen LogP contribution in [0.25, 0.3) is 0 Å². The molecule has 30 heavy (non-hydrogen) atoms. The third kappa shape index (κ3) is 15.3. The predicted molar refractivity (Wildman–Crippen MR) is 122 cm³/mol. The number of hydrogen-bond donors (Lipinski definition) is 2. The molecule has 0 aliphatic rings. The maximum atomic E-state index is 13.0.